The molecule has 3 heterocycles. The summed E-state index contributed by atoms with van der Waals surface area (Å²) in [5, 5.41) is 26.2. The van der Waals surface area contributed by atoms with Crippen LogP contribution in [0.2, 0.25) is 0 Å². The third kappa shape index (κ3) is 13.4. The van der Waals surface area contributed by atoms with Crippen LogP contribution in [0.1, 0.15) is 46.8 Å². The number of anilines is 1. The number of imidazole rings is 1. The molecule has 1 fully saturated rings. The summed E-state index contributed by atoms with van der Waals surface area (Å²) in [6, 6.07) is 0. The molecule has 6 N–H and O–H groups in total. The Balaban J connectivity index is 1.51. The first-order chi connectivity index (χ1) is 25.0. The highest BCUT2D eigenvalue weighted by molar-refractivity contribution is 8.13. The zero-order valence-electron chi connectivity index (χ0n) is 29.2. The zero-order valence-corrected chi connectivity index (χ0v) is 32.7. The maximum absolute atomic E-state index is 12.5. The van der Waals surface area contributed by atoms with E-state index in [2.05, 4.69) is 43.5 Å². The fraction of sp³-hybridized carbons (Fsp3) is 0.692. The Hall–Kier alpha value is -2.44. The maximum Gasteiger partial charge on any atom is 0.274 e. The number of aliphatic hydroxyl groups is 2. The number of phosphoric ester groups is 3. The Kier molecular flexibility index (Phi) is 16.3. The monoisotopic (exact) mass is 847 g/mol. The third-order valence-electron chi connectivity index (χ3n) is 7.74. The number of rotatable bonds is 21. The number of nitrogens with two attached hydrogens (primary N) is 1. The Labute approximate surface area is 312 Å². The van der Waals surface area contributed by atoms with Gasteiger partial charge in [-0.3, -0.25) is 28.1 Å². The molecule has 2 aromatic rings. The maximum atomic E-state index is 12.5. The lowest BCUT2D eigenvalue weighted by molar-refractivity contribution is -0.347. The second kappa shape index (κ2) is 19.1. The number of carbonyl (C=O) groups is 3. The number of nitrogens with zero attached hydrogens (tertiary/aromatic N) is 4. The molecule has 54 heavy (non-hydrogen) atoms. The van der Waals surface area contributed by atoms with Crippen molar-refractivity contribution in [1.29, 1.82) is 0 Å². The van der Waals surface area contributed by atoms with E-state index in [1.165, 1.54) is 13.8 Å². The largest absolute Gasteiger partial charge is 0.790 e. The summed E-state index contributed by atoms with van der Waals surface area (Å²) in [4.78, 5) is 95.7. The molecule has 2 amide bonds. The van der Waals surface area contributed by atoms with E-state index < -0.39 is 84.6 Å². The molecule has 3 unspecified atom stereocenters. The van der Waals surface area contributed by atoms with Crippen molar-refractivity contribution >= 4 is 69.1 Å². The number of hydrogen-bond acceptors (Lipinski definition) is 22. The van der Waals surface area contributed by atoms with Crippen LogP contribution in [-0.4, -0.2) is 103 Å². The molecule has 0 aliphatic carbocycles. The molecule has 0 bridgehead atoms. The number of nitrogen functional groups attached to an aromatic ring is 1. The van der Waals surface area contributed by atoms with E-state index in [0.29, 0.717) is 12.2 Å². The van der Waals surface area contributed by atoms with E-state index in [-0.39, 0.29) is 47.5 Å². The van der Waals surface area contributed by atoms with Gasteiger partial charge in [-0.25, -0.2) is 19.3 Å². The van der Waals surface area contributed by atoms with Gasteiger partial charge in [0.25, 0.3) is 15.6 Å². The van der Waals surface area contributed by atoms with Crippen molar-refractivity contribution in [3.05, 3.63) is 12.7 Å². The van der Waals surface area contributed by atoms with Crippen LogP contribution in [0.4, 0.5) is 5.82 Å². The number of hydrogen-bond donors (Lipinski definition) is 5. The van der Waals surface area contributed by atoms with Crippen molar-refractivity contribution in [1.82, 2.24) is 30.2 Å². The molecule has 8 atom stereocenters. The second-order valence-electron chi connectivity index (χ2n) is 12.5. The Morgan fingerprint density at radius 2 is 1.76 bits per heavy atom. The van der Waals surface area contributed by atoms with Gasteiger partial charge >= 0.3 is 0 Å². The second-order valence-corrected chi connectivity index (χ2v) is 17.6. The van der Waals surface area contributed by atoms with Crippen molar-refractivity contribution < 1.29 is 80.5 Å². The predicted molar refractivity (Wildman–Crippen MR) is 178 cm³/mol. The summed E-state index contributed by atoms with van der Waals surface area (Å²) in [7, 11) is -17.6. The fourth-order valence-corrected chi connectivity index (χ4v) is 8.16. The van der Waals surface area contributed by atoms with Crippen LogP contribution in [0, 0.1) is 11.3 Å². The smallest absolute Gasteiger partial charge is 0.274 e. The first-order valence-electron chi connectivity index (χ1n) is 16.0. The van der Waals surface area contributed by atoms with Gasteiger partial charge in [0.2, 0.25) is 11.8 Å². The highest BCUT2D eigenvalue weighted by Crippen LogP contribution is 2.56. The lowest BCUT2D eigenvalue weighted by Crippen LogP contribution is -2.46. The lowest BCUT2D eigenvalue weighted by atomic mass is 9.87. The number of amides is 2. The molecule has 1 aliphatic rings. The number of ether oxygens (including phenoxy) is 1. The van der Waals surface area contributed by atoms with Crippen molar-refractivity contribution in [3.63, 3.8) is 0 Å². The molecule has 0 spiro atoms. The highest BCUT2D eigenvalue weighted by Gasteiger charge is 2.47. The number of aromatic nitrogens is 4. The molecule has 0 aromatic carbocycles. The molecule has 3 rings (SSSR count). The molecule has 1 saturated heterocycles. The standard InChI is InChI=1S/C26H44N7O17P3S/c1-5-14(2)25(38)54-9-8-28-16(34)6-7-29-23(37)20(36)26(3,4)11-47-53(44,45)50-52(42,43)46-10-15-19(49-51(39,40)41)18(35)24(48-15)33-13-32-17-21(27)30-12-31-22(17)33/h12-15,18-20,24,35-36H,5-11H2,1-4H3,(H,28,34)(H,29,37)(H,42,43)(H,44,45)(H2,27,30,31)(H2,39,40,41)/p-4/t14?,15-,18-,19-,20+,24-/m1/s1. The van der Waals surface area contributed by atoms with E-state index in [4.69, 9.17) is 10.5 Å². The Bertz CT molecular complexity index is 1780. The van der Waals surface area contributed by atoms with E-state index in [0.717, 1.165) is 29.0 Å². The highest BCUT2D eigenvalue weighted by atomic mass is 32.2. The number of nitrogens with one attached hydrogen (secondary N) is 2. The van der Waals surface area contributed by atoms with Crippen LogP contribution in [-0.2, 0) is 50.7 Å². The number of fused-ring (bicyclic) bond motifs is 1. The normalized spacial score (nSPS) is 22.6. The minimum atomic E-state index is -5.91. The molecular weight excluding hydrogens is 807 g/mol. The molecule has 28 heteroatoms. The molecule has 0 saturated carbocycles. The molecule has 2 aromatic heterocycles. The average Bonchev–Trinajstić information content (AvgIpc) is 3.64. The fourth-order valence-electron chi connectivity index (χ4n) is 4.57. The van der Waals surface area contributed by atoms with Gasteiger partial charge in [-0.15, -0.1) is 0 Å². The summed E-state index contributed by atoms with van der Waals surface area (Å²) < 4.78 is 60.4. The van der Waals surface area contributed by atoms with Crippen LogP contribution < -0.4 is 35.9 Å². The van der Waals surface area contributed by atoms with Gasteiger partial charge in [0.1, 0.15) is 36.3 Å². The molecule has 24 nitrogen and oxygen atoms in total. The van der Waals surface area contributed by atoms with Crippen molar-refractivity contribution in [2.24, 2.45) is 11.3 Å². The summed E-state index contributed by atoms with van der Waals surface area (Å²) >= 11 is 1.09. The molecular formula is C26H40N7O17P3S-4. The van der Waals surface area contributed by atoms with Gasteiger partial charge in [0, 0.05) is 36.6 Å². The van der Waals surface area contributed by atoms with Crippen LogP contribution >= 0.6 is 35.2 Å². The lowest BCUT2D eigenvalue weighted by Gasteiger charge is -2.36. The van der Waals surface area contributed by atoms with Crippen LogP contribution in [0.5, 0.6) is 0 Å². The van der Waals surface area contributed by atoms with Crippen LogP contribution in [0.3, 0.4) is 0 Å². The first-order valence-corrected chi connectivity index (χ1v) is 21.3. The van der Waals surface area contributed by atoms with Gasteiger partial charge in [0.15, 0.2) is 22.8 Å². The zero-order chi connectivity index (χ0) is 40.6. The number of thioether (sulfide) groups is 1. The Morgan fingerprint density at radius 3 is 2.41 bits per heavy atom. The molecule has 0 radical (unpaired) electrons. The van der Waals surface area contributed by atoms with E-state index in [1.54, 1.807) is 6.92 Å². The minimum Gasteiger partial charge on any atom is -0.790 e. The van der Waals surface area contributed by atoms with Crippen LogP contribution in [0.15, 0.2) is 12.7 Å². The van der Waals surface area contributed by atoms with E-state index in [9.17, 15) is 57.9 Å². The van der Waals surface area contributed by atoms with Crippen molar-refractivity contribution in [2.45, 2.75) is 71.2 Å². The summed E-state index contributed by atoms with van der Waals surface area (Å²) in [6.07, 6.45) is -6.86. The van der Waals surface area contributed by atoms with Crippen LogP contribution in [0.25, 0.3) is 11.2 Å². The van der Waals surface area contributed by atoms with Gasteiger partial charge in [0.05, 0.1) is 27.4 Å². The summed E-state index contributed by atoms with van der Waals surface area (Å²) in [5.41, 5.74) is 4.07. The minimum absolute atomic E-state index is 0.00683. The quantitative estimate of drug-likeness (QED) is 0.0625. The SMILES string of the molecule is CCC(C)C(=O)SCCNC(=O)CCNC(=O)[C@H](O)C(C)(C)COP(=O)([O-])OP(=O)([O-])OC[C@H]1O[C@@H](n2cnc3c(N)ncnc32)[C@H](O)[C@@H]1OP(=O)([O-])[O-]. The first kappa shape index (κ1) is 45.9. The van der Waals surface area contributed by atoms with Gasteiger partial charge in [-0.2, -0.15) is 0 Å². The number of aliphatic hydroxyl groups excluding tert-OH is 2. The van der Waals surface area contributed by atoms with E-state index >= 15 is 0 Å². The predicted octanol–water partition coefficient (Wildman–Crippen LogP) is -2.82. The topological polar surface area (TPSA) is 375 Å². The summed E-state index contributed by atoms with van der Waals surface area (Å²) in [5.74, 6) is -1.28. The molecule has 306 valence electrons. The average molecular weight is 848 g/mol. The molecule has 1 aliphatic heterocycles. The number of phosphoric acid groups is 3. The van der Waals surface area contributed by atoms with E-state index in [1.807, 2.05) is 6.92 Å². The van der Waals surface area contributed by atoms with Gasteiger partial charge < -0.3 is 69.0 Å². The third-order valence-corrected chi connectivity index (χ3v) is 11.8. The van der Waals surface area contributed by atoms with Gasteiger partial charge in [-0.05, 0) is 6.42 Å². The van der Waals surface area contributed by atoms with Crippen molar-refractivity contribution in [2.75, 3.05) is 37.8 Å². The number of carbonyl (C=O) groups excluding carboxylic acids is 3. The van der Waals surface area contributed by atoms with Crippen molar-refractivity contribution in [3.8, 4) is 0 Å². The summed E-state index contributed by atoms with van der Waals surface area (Å²) in [6.45, 7) is 3.81. The van der Waals surface area contributed by atoms with Gasteiger partial charge in [-0.1, -0.05) is 39.5 Å². The Morgan fingerprint density at radius 1 is 1.09 bits per heavy atom.